The van der Waals surface area contributed by atoms with E-state index in [1.54, 1.807) is 0 Å². The molecular weight excluding hydrogens is 264 g/mol. The smallest absolute Gasteiger partial charge is 0.160 e. The van der Waals surface area contributed by atoms with Crippen molar-refractivity contribution in [2.45, 2.75) is 46.1 Å². The van der Waals surface area contributed by atoms with Crippen molar-refractivity contribution in [2.24, 2.45) is 0 Å². The number of hydrogen-bond acceptors (Lipinski definition) is 5. The summed E-state index contributed by atoms with van der Waals surface area (Å²) < 4.78 is 5.92. The number of hydrogen-bond donors (Lipinski definition) is 1. The average Bonchev–Trinajstić information content (AvgIpc) is 2.99. The monoisotopic (exact) mass is 292 g/mol. The van der Waals surface area contributed by atoms with E-state index in [0.29, 0.717) is 12.5 Å². The molecule has 5 nitrogen and oxygen atoms in total. The van der Waals surface area contributed by atoms with Gasteiger partial charge < -0.3 is 10.1 Å². The SMILES string of the molecule is CCNCc1nc(C(C)C)ncc1OCCN1CCCC1. The molecule has 0 aromatic carbocycles. The van der Waals surface area contributed by atoms with Gasteiger partial charge in [-0.3, -0.25) is 4.90 Å². The number of ether oxygens (including phenoxy) is 1. The van der Waals surface area contributed by atoms with E-state index in [1.807, 2.05) is 6.20 Å². The third-order valence-corrected chi connectivity index (χ3v) is 3.77. The maximum atomic E-state index is 5.92. The molecule has 1 aromatic heterocycles. The van der Waals surface area contributed by atoms with Crippen molar-refractivity contribution in [3.8, 4) is 5.75 Å². The molecule has 2 rings (SSSR count). The highest BCUT2D eigenvalue weighted by Gasteiger charge is 2.13. The van der Waals surface area contributed by atoms with E-state index < -0.39 is 0 Å². The van der Waals surface area contributed by atoms with Gasteiger partial charge in [-0.1, -0.05) is 20.8 Å². The summed E-state index contributed by atoms with van der Waals surface area (Å²) in [6.45, 7) is 12.1. The number of rotatable bonds is 8. The molecule has 0 spiro atoms. The van der Waals surface area contributed by atoms with Crippen LogP contribution in [0.4, 0.5) is 0 Å². The maximum Gasteiger partial charge on any atom is 0.160 e. The third-order valence-electron chi connectivity index (χ3n) is 3.77. The molecule has 0 aliphatic carbocycles. The van der Waals surface area contributed by atoms with Gasteiger partial charge in [-0.2, -0.15) is 0 Å². The highest BCUT2D eigenvalue weighted by molar-refractivity contribution is 5.25. The Balaban J connectivity index is 1.95. The first kappa shape index (κ1) is 16.2. The van der Waals surface area contributed by atoms with E-state index in [2.05, 4.69) is 41.0 Å². The molecule has 1 saturated heterocycles. The topological polar surface area (TPSA) is 50.3 Å². The second-order valence-electron chi connectivity index (χ2n) is 5.87. The molecule has 0 unspecified atom stereocenters. The van der Waals surface area contributed by atoms with Gasteiger partial charge in [0, 0.05) is 19.0 Å². The van der Waals surface area contributed by atoms with Crippen molar-refractivity contribution in [2.75, 3.05) is 32.8 Å². The summed E-state index contributed by atoms with van der Waals surface area (Å²) in [6, 6.07) is 0. The summed E-state index contributed by atoms with van der Waals surface area (Å²) in [5.41, 5.74) is 0.969. The van der Waals surface area contributed by atoms with Crippen LogP contribution in [-0.2, 0) is 6.54 Å². The molecule has 1 aliphatic heterocycles. The fourth-order valence-electron chi connectivity index (χ4n) is 2.48. The Kier molecular flexibility index (Phi) is 6.39. The minimum absolute atomic E-state index is 0.337. The minimum Gasteiger partial charge on any atom is -0.489 e. The first-order valence-corrected chi connectivity index (χ1v) is 8.12. The third kappa shape index (κ3) is 4.93. The lowest BCUT2D eigenvalue weighted by Gasteiger charge is -2.17. The van der Waals surface area contributed by atoms with Crippen molar-refractivity contribution in [3.63, 3.8) is 0 Å². The molecule has 118 valence electrons. The number of nitrogens with one attached hydrogen (secondary N) is 1. The molecule has 21 heavy (non-hydrogen) atoms. The molecule has 0 radical (unpaired) electrons. The second kappa shape index (κ2) is 8.29. The molecule has 0 amide bonds. The zero-order valence-corrected chi connectivity index (χ0v) is 13.6. The van der Waals surface area contributed by atoms with Gasteiger partial charge in [0.2, 0.25) is 0 Å². The fraction of sp³-hybridized carbons (Fsp3) is 0.750. The van der Waals surface area contributed by atoms with Gasteiger partial charge in [-0.05, 0) is 32.5 Å². The average molecular weight is 292 g/mol. The number of aromatic nitrogens is 2. The van der Waals surface area contributed by atoms with Gasteiger partial charge in [0.05, 0.1) is 11.9 Å². The lowest BCUT2D eigenvalue weighted by atomic mass is 10.2. The molecule has 2 heterocycles. The normalized spacial score (nSPS) is 15.8. The van der Waals surface area contributed by atoms with E-state index in [1.165, 1.54) is 25.9 Å². The predicted octanol–water partition coefficient (Wildman–Crippen LogP) is 2.18. The van der Waals surface area contributed by atoms with Crippen LogP contribution in [0, 0.1) is 0 Å². The zero-order chi connectivity index (χ0) is 15.1. The van der Waals surface area contributed by atoms with Gasteiger partial charge in [-0.25, -0.2) is 9.97 Å². The molecule has 0 atom stereocenters. The summed E-state index contributed by atoms with van der Waals surface area (Å²) in [4.78, 5) is 11.5. The van der Waals surface area contributed by atoms with Gasteiger partial charge in [0.25, 0.3) is 0 Å². The number of nitrogens with zero attached hydrogens (tertiary/aromatic N) is 3. The predicted molar refractivity (Wildman–Crippen MR) is 84.7 cm³/mol. The van der Waals surface area contributed by atoms with Crippen LogP contribution in [0.3, 0.4) is 0 Å². The van der Waals surface area contributed by atoms with Crippen LogP contribution in [0.2, 0.25) is 0 Å². The highest BCUT2D eigenvalue weighted by Crippen LogP contribution is 2.18. The molecule has 0 bridgehead atoms. The molecule has 1 aromatic rings. The van der Waals surface area contributed by atoms with Gasteiger partial charge in [0.15, 0.2) is 5.75 Å². The Bertz CT molecular complexity index is 430. The summed E-state index contributed by atoms with van der Waals surface area (Å²) >= 11 is 0. The van der Waals surface area contributed by atoms with Crippen LogP contribution in [0.5, 0.6) is 5.75 Å². The largest absolute Gasteiger partial charge is 0.489 e. The van der Waals surface area contributed by atoms with Crippen LogP contribution in [0.1, 0.15) is 51.0 Å². The Morgan fingerprint density at radius 1 is 1.33 bits per heavy atom. The van der Waals surface area contributed by atoms with Crippen molar-refractivity contribution in [3.05, 3.63) is 17.7 Å². The van der Waals surface area contributed by atoms with Crippen LogP contribution in [0.15, 0.2) is 6.20 Å². The van der Waals surface area contributed by atoms with Crippen LogP contribution >= 0.6 is 0 Å². The zero-order valence-electron chi connectivity index (χ0n) is 13.6. The first-order chi connectivity index (χ1) is 10.2. The second-order valence-corrected chi connectivity index (χ2v) is 5.87. The Labute approximate surface area is 128 Å². The van der Waals surface area contributed by atoms with Crippen molar-refractivity contribution in [1.82, 2.24) is 20.2 Å². The Hall–Kier alpha value is -1.20. The van der Waals surface area contributed by atoms with E-state index in [-0.39, 0.29) is 0 Å². The standard InChI is InChI=1S/C16H28N4O/c1-4-17-11-14-15(12-18-16(19-14)13(2)3)21-10-9-20-7-5-6-8-20/h12-13,17H,4-11H2,1-3H3. The molecule has 1 fully saturated rings. The first-order valence-electron chi connectivity index (χ1n) is 8.12. The summed E-state index contributed by atoms with van der Waals surface area (Å²) in [6.07, 6.45) is 4.47. The Morgan fingerprint density at radius 3 is 2.76 bits per heavy atom. The van der Waals surface area contributed by atoms with Gasteiger partial charge >= 0.3 is 0 Å². The fourth-order valence-corrected chi connectivity index (χ4v) is 2.48. The van der Waals surface area contributed by atoms with Gasteiger partial charge in [0.1, 0.15) is 12.4 Å². The van der Waals surface area contributed by atoms with Crippen molar-refractivity contribution < 1.29 is 4.74 Å². The molecule has 1 aliphatic rings. The summed E-state index contributed by atoms with van der Waals surface area (Å²) in [5, 5.41) is 3.32. The molecule has 1 N–H and O–H groups in total. The Morgan fingerprint density at radius 2 is 2.10 bits per heavy atom. The quantitative estimate of drug-likeness (QED) is 0.796. The molecule has 5 heteroatoms. The lowest BCUT2D eigenvalue weighted by molar-refractivity contribution is 0.234. The minimum atomic E-state index is 0.337. The summed E-state index contributed by atoms with van der Waals surface area (Å²) in [7, 11) is 0. The number of likely N-dealkylation sites (tertiary alicyclic amines) is 1. The molecule has 0 saturated carbocycles. The highest BCUT2D eigenvalue weighted by atomic mass is 16.5. The van der Waals surface area contributed by atoms with Crippen molar-refractivity contribution >= 4 is 0 Å². The molecular formula is C16H28N4O. The lowest BCUT2D eigenvalue weighted by Crippen LogP contribution is -2.25. The van der Waals surface area contributed by atoms with Crippen molar-refractivity contribution in [1.29, 1.82) is 0 Å². The maximum absolute atomic E-state index is 5.92. The van der Waals surface area contributed by atoms with Crippen LogP contribution < -0.4 is 10.1 Å². The van der Waals surface area contributed by atoms with E-state index in [0.717, 1.165) is 36.9 Å². The van der Waals surface area contributed by atoms with Crippen LogP contribution in [0.25, 0.3) is 0 Å². The van der Waals surface area contributed by atoms with E-state index in [4.69, 9.17) is 4.74 Å². The van der Waals surface area contributed by atoms with Gasteiger partial charge in [-0.15, -0.1) is 0 Å². The summed E-state index contributed by atoms with van der Waals surface area (Å²) in [5.74, 6) is 2.04. The van der Waals surface area contributed by atoms with Crippen LogP contribution in [-0.4, -0.2) is 47.7 Å². The van der Waals surface area contributed by atoms with E-state index >= 15 is 0 Å². The van der Waals surface area contributed by atoms with E-state index in [9.17, 15) is 0 Å².